The number of likely N-dealkylation sites (tertiary alicyclic amines) is 1. The Morgan fingerprint density at radius 2 is 1.94 bits per heavy atom. The van der Waals surface area contributed by atoms with E-state index in [1.54, 1.807) is 12.1 Å². The van der Waals surface area contributed by atoms with Gasteiger partial charge in [0.05, 0.1) is 11.7 Å². The minimum Gasteiger partial charge on any atom is -0.376 e. The molecule has 1 aromatic carbocycles. The van der Waals surface area contributed by atoms with Crippen LogP contribution in [0.2, 0.25) is 0 Å². The average molecular weight is 428 g/mol. The van der Waals surface area contributed by atoms with Crippen molar-refractivity contribution >= 4 is 5.91 Å². The Balaban J connectivity index is 1.36. The molecule has 0 unspecified atom stereocenters. The molecule has 1 atom stereocenters. The molecule has 1 N–H and O–H groups in total. The van der Waals surface area contributed by atoms with Crippen LogP contribution < -0.4 is 5.56 Å². The third-order valence-corrected chi connectivity index (χ3v) is 6.30. The molecule has 0 saturated carbocycles. The molecule has 2 aliphatic rings. The van der Waals surface area contributed by atoms with Gasteiger partial charge in [0.25, 0.3) is 5.91 Å². The Kier molecular flexibility index (Phi) is 7.14. The first-order chi connectivity index (χ1) is 15.1. The van der Waals surface area contributed by atoms with E-state index < -0.39 is 0 Å². The van der Waals surface area contributed by atoms with Crippen molar-refractivity contribution in [3.63, 3.8) is 0 Å². The van der Waals surface area contributed by atoms with Crippen molar-refractivity contribution in [2.75, 3.05) is 32.8 Å². The number of nitrogens with one attached hydrogen (secondary N) is 1. The van der Waals surface area contributed by atoms with Crippen molar-refractivity contribution in [1.82, 2.24) is 14.8 Å². The fourth-order valence-electron chi connectivity index (χ4n) is 4.51. The van der Waals surface area contributed by atoms with Gasteiger partial charge in [0.2, 0.25) is 5.56 Å². The van der Waals surface area contributed by atoms with Crippen LogP contribution in [0.3, 0.4) is 0 Å². The maximum absolute atomic E-state index is 14.0. The van der Waals surface area contributed by atoms with E-state index in [1.807, 2.05) is 17.0 Å². The SMILES string of the molecule is O=C(c1ccc(=O)[nH]c1)N(CC1CCN(Cc2ccccc2F)CC1)C[C@@H]1CCCO1. The molecule has 0 bridgehead atoms. The Bertz CT molecular complexity index is 913. The smallest absolute Gasteiger partial charge is 0.255 e. The number of amides is 1. The van der Waals surface area contributed by atoms with Crippen LogP contribution in [0, 0.1) is 11.7 Å². The molecular weight excluding hydrogens is 397 g/mol. The molecular formula is C24H30FN3O3. The molecule has 1 aromatic heterocycles. The van der Waals surface area contributed by atoms with Crippen LogP contribution in [0.25, 0.3) is 0 Å². The second kappa shape index (κ2) is 10.2. The number of aromatic amines is 1. The Hall–Kier alpha value is -2.51. The summed E-state index contributed by atoms with van der Waals surface area (Å²) in [4.78, 5) is 31.3. The number of aromatic nitrogens is 1. The monoisotopic (exact) mass is 427 g/mol. The number of pyridine rings is 1. The fraction of sp³-hybridized carbons (Fsp3) is 0.500. The number of piperidine rings is 1. The quantitative estimate of drug-likeness (QED) is 0.738. The van der Waals surface area contributed by atoms with E-state index in [4.69, 9.17) is 4.74 Å². The lowest BCUT2D eigenvalue weighted by molar-refractivity contribution is 0.0444. The molecule has 0 aliphatic carbocycles. The standard InChI is InChI=1S/C24H30FN3O3/c25-22-6-2-1-4-20(22)16-27-11-9-18(10-12-27)15-28(17-21-5-3-13-31-21)24(30)19-7-8-23(29)26-14-19/h1-2,4,6-8,14,18,21H,3,5,9-13,15-17H2,(H,26,29)/t21-/m0/s1. The van der Waals surface area contributed by atoms with Crippen LogP contribution in [-0.2, 0) is 11.3 Å². The number of H-pyrrole nitrogens is 1. The van der Waals surface area contributed by atoms with Crippen molar-refractivity contribution < 1.29 is 13.9 Å². The molecule has 6 nitrogen and oxygen atoms in total. The molecule has 1 amide bonds. The molecule has 2 aromatic rings. The van der Waals surface area contributed by atoms with Gasteiger partial charge in [0.1, 0.15) is 5.82 Å². The second-order valence-electron chi connectivity index (χ2n) is 8.60. The van der Waals surface area contributed by atoms with Crippen molar-refractivity contribution in [3.8, 4) is 0 Å². The fourth-order valence-corrected chi connectivity index (χ4v) is 4.51. The van der Waals surface area contributed by atoms with E-state index in [-0.39, 0.29) is 23.4 Å². The van der Waals surface area contributed by atoms with Crippen LogP contribution in [0.15, 0.2) is 47.4 Å². The van der Waals surface area contributed by atoms with Gasteiger partial charge in [0, 0.05) is 44.1 Å². The van der Waals surface area contributed by atoms with Crippen molar-refractivity contribution in [1.29, 1.82) is 0 Å². The summed E-state index contributed by atoms with van der Waals surface area (Å²) in [6.07, 6.45) is 5.50. The van der Waals surface area contributed by atoms with E-state index in [9.17, 15) is 14.0 Å². The zero-order chi connectivity index (χ0) is 21.6. The highest BCUT2D eigenvalue weighted by molar-refractivity contribution is 5.93. The van der Waals surface area contributed by atoms with Gasteiger partial charge in [-0.05, 0) is 56.8 Å². The summed E-state index contributed by atoms with van der Waals surface area (Å²) in [6.45, 7) is 4.40. The van der Waals surface area contributed by atoms with E-state index >= 15 is 0 Å². The lowest BCUT2D eigenvalue weighted by Gasteiger charge is -2.35. The maximum atomic E-state index is 14.0. The van der Waals surface area contributed by atoms with Gasteiger partial charge in [-0.15, -0.1) is 0 Å². The summed E-state index contributed by atoms with van der Waals surface area (Å²) >= 11 is 0. The summed E-state index contributed by atoms with van der Waals surface area (Å²) in [5.41, 5.74) is 1.01. The number of halogens is 1. The Labute approximate surface area is 182 Å². The lowest BCUT2D eigenvalue weighted by atomic mass is 9.95. The van der Waals surface area contributed by atoms with Gasteiger partial charge >= 0.3 is 0 Å². The zero-order valence-electron chi connectivity index (χ0n) is 17.8. The highest BCUT2D eigenvalue weighted by Crippen LogP contribution is 2.23. The molecule has 7 heteroatoms. The van der Waals surface area contributed by atoms with Gasteiger partial charge in [-0.1, -0.05) is 18.2 Å². The number of benzene rings is 1. The number of hydrogen-bond donors (Lipinski definition) is 1. The molecule has 4 rings (SSSR count). The van der Waals surface area contributed by atoms with Crippen LogP contribution in [0.4, 0.5) is 4.39 Å². The van der Waals surface area contributed by atoms with Crippen molar-refractivity contribution in [2.24, 2.45) is 5.92 Å². The molecule has 2 saturated heterocycles. The van der Waals surface area contributed by atoms with Gasteiger partial charge < -0.3 is 14.6 Å². The van der Waals surface area contributed by atoms with Crippen molar-refractivity contribution in [3.05, 3.63) is 69.9 Å². The Morgan fingerprint density at radius 1 is 1.13 bits per heavy atom. The third-order valence-electron chi connectivity index (χ3n) is 6.30. The third kappa shape index (κ3) is 5.80. The van der Waals surface area contributed by atoms with Crippen LogP contribution in [0.5, 0.6) is 0 Å². The lowest BCUT2D eigenvalue weighted by Crippen LogP contribution is -2.43. The molecule has 2 aliphatic heterocycles. The summed E-state index contributed by atoms with van der Waals surface area (Å²) in [6, 6.07) is 9.91. The maximum Gasteiger partial charge on any atom is 0.255 e. The van der Waals surface area contributed by atoms with Crippen LogP contribution in [0.1, 0.15) is 41.6 Å². The van der Waals surface area contributed by atoms with Gasteiger partial charge in [-0.3, -0.25) is 14.5 Å². The molecule has 0 spiro atoms. The first-order valence-corrected chi connectivity index (χ1v) is 11.1. The summed E-state index contributed by atoms with van der Waals surface area (Å²) in [7, 11) is 0. The van der Waals surface area contributed by atoms with E-state index in [0.717, 1.165) is 50.9 Å². The summed E-state index contributed by atoms with van der Waals surface area (Å²) in [5, 5.41) is 0. The minimum absolute atomic E-state index is 0.0689. The molecule has 3 heterocycles. The highest BCUT2D eigenvalue weighted by Gasteiger charge is 2.28. The van der Waals surface area contributed by atoms with Crippen molar-refractivity contribution in [2.45, 2.75) is 38.3 Å². The predicted molar refractivity (Wildman–Crippen MR) is 116 cm³/mol. The van der Waals surface area contributed by atoms with Crippen LogP contribution >= 0.6 is 0 Å². The zero-order valence-corrected chi connectivity index (χ0v) is 17.8. The first kappa shape index (κ1) is 21.7. The number of carbonyl (C=O) groups excluding carboxylic acids is 1. The number of carbonyl (C=O) groups is 1. The van der Waals surface area contributed by atoms with Gasteiger partial charge in [-0.2, -0.15) is 0 Å². The highest BCUT2D eigenvalue weighted by atomic mass is 19.1. The van der Waals surface area contributed by atoms with Gasteiger partial charge in [-0.25, -0.2) is 4.39 Å². The predicted octanol–water partition coefficient (Wildman–Crippen LogP) is 3.05. The molecule has 0 radical (unpaired) electrons. The number of rotatable bonds is 7. The topological polar surface area (TPSA) is 65.6 Å². The average Bonchev–Trinajstić information content (AvgIpc) is 3.29. The number of hydrogen-bond acceptors (Lipinski definition) is 4. The molecule has 166 valence electrons. The molecule has 31 heavy (non-hydrogen) atoms. The van der Waals surface area contributed by atoms with E-state index in [0.29, 0.717) is 31.1 Å². The normalized spacial score (nSPS) is 20.1. The largest absolute Gasteiger partial charge is 0.376 e. The van der Waals surface area contributed by atoms with Gasteiger partial charge in [0.15, 0.2) is 0 Å². The summed E-state index contributed by atoms with van der Waals surface area (Å²) < 4.78 is 19.7. The minimum atomic E-state index is -0.218. The van der Waals surface area contributed by atoms with E-state index in [2.05, 4.69) is 9.88 Å². The summed E-state index contributed by atoms with van der Waals surface area (Å²) in [5.74, 6) is 0.171. The van der Waals surface area contributed by atoms with Crippen LogP contribution in [-0.4, -0.2) is 59.6 Å². The second-order valence-corrected chi connectivity index (χ2v) is 8.60. The number of nitrogens with zero attached hydrogens (tertiary/aromatic N) is 2. The number of ether oxygens (including phenoxy) is 1. The Morgan fingerprint density at radius 3 is 2.61 bits per heavy atom. The molecule has 2 fully saturated rings. The first-order valence-electron chi connectivity index (χ1n) is 11.1. The van der Waals surface area contributed by atoms with E-state index in [1.165, 1.54) is 18.3 Å².